The van der Waals surface area contributed by atoms with Crippen LogP contribution in [0.25, 0.3) is 21.3 Å². The fourth-order valence-corrected chi connectivity index (χ4v) is 4.87. The van der Waals surface area contributed by atoms with E-state index in [1.165, 1.54) is 23.5 Å². The monoisotopic (exact) mass is 440 g/mol. The largest absolute Gasteiger partial charge is 0.368 e. The topological polar surface area (TPSA) is 52.2 Å². The lowest BCUT2D eigenvalue weighted by molar-refractivity contribution is 0.628. The van der Waals surface area contributed by atoms with Crippen molar-refractivity contribution in [1.29, 1.82) is 0 Å². The van der Waals surface area contributed by atoms with E-state index in [-0.39, 0.29) is 11.4 Å². The fraction of sp³-hybridized carbons (Fsp3) is 0.182. The van der Waals surface area contributed by atoms with Gasteiger partial charge in [-0.15, -0.1) is 11.3 Å². The normalized spacial score (nSPS) is 14.5. The van der Waals surface area contributed by atoms with Crippen LogP contribution in [-0.4, -0.2) is 36.1 Å². The van der Waals surface area contributed by atoms with Crippen molar-refractivity contribution in [2.24, 2.45) is 0 Å². The Morgan fingerprint density at radius 3 is 2.57 bits per heavy atom. The van der Waals surface area contributed by atoms with E-state index >= 15 is 0 Å². The predicted molar refractivity (Wildman–Crippen MR) is 122 cm³/mol. The van der Waals surface area contributed by atoms with E-state index in [9.17, 15) is 9.18 Å². The summed E-state index contributed by atoms with van der Waals surface area (Å²) in [5.41, 5.74) is 3.03. The maximum atomic E-state index is 13.7. The summed E-state index contributed by atoms with van der Waals surface area (Å²) in [6.45, 7) is 3.03. The molecule has 0 unspecified atom stereocenters. The van der Waals surface area contributed by atoms with Crippen LogP contribution in [-0.2, 0) is 0 Å². The van der Waals surface area contributed by atoms with E-state index in [0.29, 0.717) is 21.2 Å². The molecule has 152 valence electrons. The number of piperazine rings is 1. The SMILES string of the molecule is O=c1[nH]c(N2CCN(c3cccc(Cl)c3)CC2)nc2c(-c3cccc(F)c3)csc12. The second-order valence-corrected chi connectivity index (χ2v) is 8.50. The number of nitrogens with one attached hydrogen (secondary N) is 1. The first-order valence-corrected chi connectivity index (χ1v) is 10.9. The average molecular weight is 441 g/mol. The molecule has 0 bridgehead atoms. The van der Waals surface area contributed by atoms with Gasteiger partial charge in [0.25, 0.3) is 5.56 Å². The summed E-state index contributed by atoms with van der Waals surface area (Å²) in [7, 11) is 0. The first-order valence-electron chi connectivity index (χ1n) is 9.61. The first kappa shape index (κ1) is 19.1. The van der Waals surface area contributed by atoms with Crippen LogP contribution in [0.1, 0.15) is 0 Å². The molecule has 8 heteroatoms. The third-order valence-corrected chi connectivity index (χ3v) is 6.51. The standard InChI is InChI=1S/C22H18ClFN4OS/c23-15-4-2-6-17(12-15)27-7-9-28(10-8-27)22-25-19-18(13-30-20(19)21(29)26-22)14-3-1-5-16(24)11-14/h1-6,11-13H,7-10H2,(H,25,26,29). The zero-order valence-corrected chi connectivity index (χ0v) is 17.5. The lowest BCUT2D eigenvalue weighted by Gasteiger charge is -2.36. The Bertz CT molecular complexity index is 1280. The fourth-order valence-electron chi connectivity index (χ4n) is 3.78. The molecule has 1 fully saturated rings. The average Bonchev–Trinajstić information content (AvgIpc) is 3.19. The number of thiophene rings is 1. The third-order valence-electron chi connectivity index (χ3n) is 5.30. The number of H-pyrrole nitrogens is 1. The molecule has 0 radical (unpaired) electrons. The number of aromatic amines is 1. The van der Waals surface area contributed by atoms with Gasteiger partial charge >= 0.3 is 0 Å². The number of halogens is 2. The van der Waals surface area contributed by atoms with Gasteiger partial charge in [-0.3, -0.25) is 9.78 Å². The van der Waals surface area contributed by atoms with Crippen LogP contribution < -0.4 is 15.4 Å². The molecule has 1 aliphatic rings. The maximum absolute atomic E-state index is 13.7. The Morgan fingerprint density at radius 1 is 1.03 bits per heavy atom. The molecule has 0 spiro atoms. The Balaban J connectivity index is 1.44. The van der Waals surface area contributed by atoms with Crippen LogP contribution in [0.3, 0.4) is 0 Å². The molecular weight excluding hydrogens is 423 g/mol. The van der Waals surface area contributed by atoms with E-state index in [1.54, 1.807) is 6.07 Å². The minimum absolute atomic E-state index is 0.167. The molecule has 1 aliphatic heterocycles. The van der Waals surface area contributed by atoms with Crippen LogP contribution in [0.15, 0.2) is 58.7 Å². The van der Waals surface area contributed by atoms with Gasteiger partial charge in [0.1, 0.15) is 10.5 Å². The van der Waals surface area contributed by atoms with Gasteiger partial charge in [0, 0.05) is 47.8 Å². The van der Waals surface area contributed by atoms with E-state index in [1.807, 2.05) is 35.7 Å². The summed E-state index contributed by atoms with van der Waals surface area (Å²) in [5, 5.41) is 2.58. The first-order chi connectivity index (χ1) is 14.6. The zero-order valence-electron chi connectivity index (χ0n) is 15.9. The Kier molecular flexibility index (Phi) is 4.92. The lowest BCUT2D eigenvalue weighted by atomic mass is 10.1. The zero-order chi connectivity index (χ0) is 20.7. The van der Waals surface area contributed by atoms with Gasteiger partial charge in [-0.2, -0.15) is 0 Å². The summed E-state index contributed by atoms with van der Waals surface area (Å²) in [5.74, 6) is 0.239. The van der Waals surface area contributed by atoms with E-state index in [0.717, 1.165) is 43.0 Å². The molecule has 3 heterocycles. The molecule has 4 aromatic rings. The van der Waals surface area contributed by atoms with Crippen LogP contribution in [0.4, 0.5) is 16.0 Å². The summed E-state index contributed by atoms with van der Waals surface area (Å²) in [6, 6.07) is 14.2. The van der Waals surface area contributed by atoms with Gasteiger partial charge in [0.15, 0.2) is 0 Å². The van der Waals surface area contributed by atoms with E-state index in [4.69, 9.17) is 16.6 Å². The number of anilines is 2. The molecule has 2 aromatic heterocycles. The van der Waals surface area contributed by atoms with Crippen LogP contribution in [0, 0.1) is 5.82 Å². The molecule has 0 amide bonds. The second kappa shape index (κ2) is 7.74. The Labute approximate surface area is 181 Å². The molecule has 5 nitrogen and oxygen atoms in total. The molecule has 30 heavy (non-hydrogen) atoms. The van der Waals surface area contributed by atoms with E-state index in [2.05, 4.69) is 14.8 Å². The van der Waals surface area contributed by atoms with Crippen molar-refractivity contribution in [2.45, 2.75) is 0 Å². The number of aromatic nitrogens is 2. The molecule has 5 rings (SSSR count). The smallest absolute Gasteiger partial charge is 0.270 e. The Morgan fingerprint density at radius 2 is 1.80 bits per heavy atom. The minimum Gasteiger partial charge on any atom is -0.368 e. The summed E-state index contributed by atoms with van der Waals surface area (Å²) in [6.07, 6.45) is 0. The van der Waals surface area contributed by atoms with Crippen molar-refractivity contribution in [3.63, 3.8) is 0 Å². The molecule has 1 N–H and O–H groups in total. The quantitative estimate of drug-likeness (QED) is 0.498. The van der Waals surface area contributed by atoms with Gasteiger partial charge in [0.2, 0.25) is 5.95 Å². The minimum atomic E-state index is -0.311. The van der Waals surface area contributed by atoms with Crippen molar-refractivity contribution in [1.82, 2.24) is 9.97 Å². The van der Waals surface area contributed by atoms with Crippen molar-refractivity contribution in [3.05, 3.63) is 75.1 Å². The van der Waals surface area contributed by atoms with Crippen LogP contribution in [0.5, 0.6) is 0 Å². The van der Waals surface area contributed by atoms with Gasteiger partial charge in [-0.25, -0.2) is 9.37 Å². The second-order valence-electron chi connectivity index (χ2n) is 7.18. The number of hydrogen-bond acceptors (Lipinski definition) is 5. The maximum Gasteiger partial charge on any atom is 0.270 e. The van der Waals surface area contributed by atoms with Gasteiger partial charge < -0.3 is 9.80 Å². The van der Waals surface area contributed by atoms with Crippen molar-refractivity contribution in [3.8, 4) is 11.1 Å². The lowest BCUT2D eigenvalue weighted by Crippen LogP contribution is -2.47. The van der Waals surface area contributed by atoms with Crippen molar-refractivity contribution >= 4 is 44.8 Å². The predicted octanol–water partition coefficient (Wildman–Crippen LogP) is 4.77. The van der Waals surface area contributed by atoms with Gasteiger partial charge in [-0.05, 0) is 35.9 Å². The molecule has 0 atom stereocenters. The van der Waals surface area contributed by atoms with Gasteiger partial charge in [0.05, 0.1) is 5.52 Å². The number of fused-ring (bicyclic) bond motifs is 1. The molecule has 0 saturated carbocycles. The molecule has 1 saturated heterocycles. The summed E-state index contributed by atoms with van der Waals surface area (Å²) >= 11 is 7.44. The number of hydrogen-bond donors (Lipinski definition) is 1. The highest BCUT2D eigenvalue weighted by atomic mass is 35.5. The summed E-state index contributed by atoms with van der Waals surface area (Å²) in [4.78, 5) is 24.7. The van der Waals surface area contributed by atoms with E-state index < -0.39 is 0 Å². The highest BCUT2D eigenvalue weighted by Gasteiger charge is 2.21. The van der Waals surface area contributed by atoms with Gasteiger partial charge in [-0.1, -0.05) is 29.8 Å². The Hall–Kier alpha value is -2.90. The van der Waals surface area contributed by atoms with Crippen molar-refractivity contribution in [2.75, 3.05) is 36.0 Å². The number of nitrogens with zero attached hydrogens (tertiary/aromatic N) is 3. The molecule has 0 aliphatic carbocycles. The molecular formula is C22H18ClFN4OS. The molecule has 2 aromatic carbocycles. The van der Waals surface area contributed by atoms with Crippen LogP contribution in [0.2, 0.25) is 5.02 Å². The van der Waals surface area contributed by atoms with Crippen LogP contribution >= 0.6 is 22.9 Å². The highest BCUT2D eigenvalue weighted by Crippen LogP contribution is 2.32. The highest BCUT2D eigenvalue weighted by molar-refractivity contribution is 7.17. The number of benzene rings is 2. The van der Waals surface area contributed by atoms with Crippen molar-refractivity contribution < 1.29 is 4.39 Å². The summed E-state index contributed by atoms with van der Waals surface area (Å²) < 4.78 is 14.3. The third kappa shape index (κ3) is 3.55. The number of rotatable bonds is 3.